The Morgan fingerprint density at radius 2 is 1.93 bits per heavy atom. The van der Waals surface area contributed by atoms with Crippen LogP contribution < -0.4 is 5.32 Å². The van der Waals surface area contributed by atoms with E-state index in [-0.39, 0.29) is 25.0 Å². The maximum Gasteiger partial charge on any atom is 0.255 e. The molecule has 0 aromatic carbocycles. The van der Waals surface area contributed by atoms with Crippen LogP contribution in [0.4, 0.5) is 0 Å². The van der Waals surface area contributed by atoms with Crippen molar-refractivity contribution in [1.29, 1.82) is 0 Å². The van der Waals surface area contributed by atoms with Crippen LogP contribution in [0.15, 0.2) is 0 Å². The molecule has 5 nitrogen and oxygen atoms in total. The monoisotopic (exact) mass is 212 g/mol. The number of amides is 2. The minimum absolute atomic E-state index is 0.0434. The first-order chi connectivity index (χ1) is 7.27. The number of rotatable bonds is 5. The largest absolute Gasteiger partial charge is 0.362 e. The number of carbonyl (C=O) groups is 2. The molecule has 5 heteroatoms. The third kappa shape index (κ3) is 3.00. The molecule has 2 fully saturated rings. The number of nitrogens with one attached hydrogen (secondary N) is 1. The van der Waals surface area contributed by atoms with Crippen molar-refractivity contribution in [3.05, 3.63) is 0 Å². The van der Waals surface area contributed by atoms with Crippen molar-refractivity contribution in [2.24, 2.45) is 0 Å². The van der Waals surface area contributed by atoms with Gasteiger partial charge in [-0.25, -0.2) is 0 Å². The Kier molecular flexibility index (Phi) is 3.33. The van der Waals surface area contributed by atoms with Gasteiger partial charge in [0, 0.05) is 12.6 Å². The van der Waals surface area contributed by atoms with Crippen molar-refractivity contribution in [3.63, 3.8) is 0 Å². The molecule has 2 aliphatic rings. The van der Waals surface area contributed by atoms with E-state index in [4.69, 9.17) is 4.74 Å². The average molecular weight is 212 g/mol. The number of ether oxygens (including phenoxy) is 1. The summed E-state index contributed by atoms with van der Waals surface area (Å²) in [4.78, 5) is 23.9. The van der Waals surface area contributed by atoms with Crippen LogP contribution in [-0.2, 0) is 14.3 Å². The van der Waals surface area contributed by atoms with Crippen LogP contribution in [0.1, 0.15) is 19.3 Å². The molecule has 1 heterocycles. The first kappa shape index (κ1) is 10.6. The maximum atomic E-state index is 11.3. The second-order valence-electron chi connectivity index (χ2n) is 4.01. The van der Waals surface area contributed by atoms with Crippen LogP contribution in [-0.4, -0.2) is 49.1 Å². The summed E-state index contributed by atoms with van der Waals surface area (Å²) in [5.41, 5.74) is 0. The molecule has 0 aromatic heterocycles. The smallest absolute Gasteiger partial charge is 0.255 e. The summed E-state index contributed by atoms with van der Waals surface area (Å²) in [5, 5.41) is 3.35. The van der Waals surface area contributed by atoms with Gasteiger partial charge in [0.15, 0.2) is 0 Å². The molecule has 0 unspecified atom stereocenters. The second-order valence-corrected chi connectivity index (χ2v) is 4.01. The van der Waals surface area contributed by atoms with Crippen molar-refractivity contribution >= 4 is 11.8 Å². The van der Waals surface area contributed by atoms with Crippen LogP contribution >= 0.6 is 0 Å². The number of hydrogen-bond acceptors (Lipinski definition) is 4. The SMILES string of the molecule is O=C1COCC(=O)N1CCCNC1CC1. The predicted octanol–water partition coefficient (Wildman–Crippen LogP) is -0.486. The molecule has 84 valence electrons. The first-order valence-electron chi connectivity index (χ1n) is 5.41. The van der Waals surface area contributed by atoms with Crippen LogP contribution in [0.3, 0.4) is 0 Å². The molecule has 0 bridgehead atoms. The third-order valence-electron chi connectivity index (χ3n) is 2.62. The summed E-state index contributed by atoms with van der Waals surface area (Å²) < 4.78 is 4.82. The molecule has 15 heavy (non-hydrogen) atoms. The standard InChI is InChI=1S/C10H16N2O3/c13-9-6-15-7-10(14)12(9)5-1-4-11-8-2-3-8/h8,11H,1-7H2. The van der Waals surface area contributed by atoms with Gasteiger partial charge in [-0.2, -0.15) is 0 Å². The van der Waals surface area contributed by atoms with Crippen LogP contribution in [0.25, 0.3) is 0 Å². The fourth-order valence-electron chi connectivity index (χ4n) is 1.60. The molecule has 1 N–H and O–H groups in total. The topological polar surface area (TPSA) is 58.6 Å². The van der Waals surface area contributed by atoms with Gasteiger partial charge in [0.2, 0.25) is 0 Å². The minimum atomic E-state index is -0.210. The average Bonchev–Trinajstić information content (AvgIpc) is 3.00. The van der Waals surface area contributed by atoms with Gasteiger partial charge in [0.05, 0.1) is 0 Å². The van der Waals surface area contributed by atoms with Gasteiger partial charge in [-0.1, -0.05) is 0 Å². The van der Waals surface area contributed by atoms with E-state index in [1.54, 1.807) is 0 Å². The fourth-order valence-corrected chi connectivity index (χ4v) is 1.60. The van der Waals surface area contributed by atoms with Gasteiger partial charge < -0.3 is 10.1 Å². The van der Waals surface area contributed by atoms with Crippen LogP contribution in [0, 0.1) is 0 Å². The molecule has 2 rings (SSSR count). The number of morpholine rings is 1. The van der Waals surface area contributed by atoms with Crippen molar-refractivity contribution in [2.45, 2.75) is 25.3 Å². The highest BCUT2D eigenvalue weighted by Gasteiger charge is 2.26. The molecule has 0 aromatic rings. The lowest BCUT2D eigenvalue weighted by Crippen LogP contribution is -2.47. The first-order valence-corrected chi connectivity index (χ1v) is 5.41. The summed E-state index contributed by atoms with van der Waals surface area (Å²) in [5.74, 6) is -0.421. The molecule has 2 amide bonds. The molecule has 0 spiro atoms. The lowest BCUT2D eigenvalue weighted by atomic mass is 10.3. The summed E-state index contributed by atoms with van der Waals surface area (Å²) >= 11 is 0. The zero-order chi connectivity index (χ0) is 10.7. The fraction of sp³-hybridized carbons (Fsp3) is 0.800. The lowest BCUT2D eigenvalue weighted by molar-refractivity contribution is -0.158. The van der Waals surface area contributed by atoms with Crippen LogP contribution in [0.2, 0.25) is 0 Å². The van der Waals surface area contributed by atoms with Gasteiger partial charge >= 0.3 is 0 Å². The lowest BCUT2D eigenvalue weighted by Gasteiger charge is -2.24. The maximum absolute atomic E-state index is 11.3. The minimum Gasteiger partial charge on any atom is -0.362 e. The van der Waals surface area contributed by atoms with Crippen molar-refractivity contribution in [1.82, 2.24) is 10.2 Å². The zero-order valence-electron chi connectivity index (χ0n) is 8.70. The number of carbonyl (C=O) groups excluding carboxylic acids is 2. The Morgan fingerprint density at radius 3 is 2.53 bits per heavy atom. The Hall–Kier alpha value is -0.940. The molecular formula is C10H16N2O3. The molecule has 1 saturated heterocycles. The summed E-state index contributed by atoms with van der Waals surface area (Å²) in [6, 6.07) is 0.682. The summed E-state index contributed by atoms with van der Waals surface area (Å²) in [7, 11) is 0. The van der Waals surface area contributed by atoms with E-state index in [9.17, 15) is 9.59 Å². The van der Waals surface area contributed by atoms with E-state index in [1.807, 2.05) is 0 Å². The van der Waals surface area contributed by atoms with Crippen molar-refractivity contribution < 1.29 is 14.3 Å². The van der Waals surface area contributed by atoms with Gasteiger partial charge in [0.25, 0.3) is 11.8 Å². The normalized spacial score (nSPS) is 22.3. The van der Waals surface area contributed by atoms with E-state index in [0.717, 1.165) is 13.0 Å². The quantitative estimate of drug-likeness (QED) is 0.493. The second kappa shape index (κ2) is 4.72. The van der Waals surface area contributed by atoms with Gasteiger partial charge in [0.1, 0.15) is 13.2 Å². The Balaban J connectivity index is 1.66. The zero-order valence-corrected chi connectivity index (χ0v) is 8.70. The highest BCUT2D eigenvalue weighted by atomic mass is 16.5. The van der Waals surface area contributed by atoms with E-state index >= 15 is 0 Å². The molecule has 0 atom stereocenters. The predicted molar refractivity (Wildman–Crippen MR) is 53.2 cm³/mol. The van der Waals surface area contributed by atoms with E-state index in [1.165, 1.54) is 17.7 Å². The van der Waals surface area contributed by atoms with Crippen molar-refractivity contribution in [2.75, 3.05) is 26.3 Å². The molecule has 1 aliphatic carbocycles. The number of imide groups is 1. The molecule has 1 aliphatic heterocycles. The van der Waals surface area contributed by atoms with Gasteiger partial charge in [-0.05, 0) is 25.8 Å². The van der Waals surface area contributed by atoms with E-state index in [0.29, 0.717) is 12.6 Å². The summed E-state index contributed by atoms with van der Waals surface area (Å²) in [6.45, 7) is 1.48. The molecule has 1 saturated carbocycles. The summed E-state index contributed by atoms with van der Waals surface area (Å²) in [6.07, 6.45) is 3.35. The van der Waals surface area contributed by atoms with Crippen molar-refractivity contribution in [3.8, 4) is 0 Å². The van der Waals surface area contributed by atoms with E-state index < -0.39 is 0 Å². The Labute approximate surface area is 88.8 Å². The Bertz CT molecular complexity index is 247. The number of nitrogens with zero attached hydrogens (tertiary/aromatic N) is 1. The highest BCUT2D eigenvalue weighted by Crippen LogP contribution is 2.18. The number of hydrogen-bond donors (Lipinski definition) is 1. The molecule has 0 radical (unpaired) electrons. The third-order valence-corrected chi connectivity index (χ3v) is 2.62. The van der Waals surface area contributed by atoms with Gasteiger partial charge in [-0.15, -0.1) is 0 Å². The Morgan fingerprint density at radius 1 is 1.27 bits per heavy atom. The van der Waals surface area contributed by atoms with E-state index in [2.05, 4.69) is 5.32 Å². The van der Waals surface area contributed by atoms with Gasteiger partial charge in [-0.3, -0.25) is 14.5 Å². The molecular weight excluding hydrogens is 196 g/mol. The van der Waals surface area contributed by atoms with Crippen LogP contribution in [0.5, 0.6) is 0 Å². The highest BCUT2D eigenvalue weighted by molar-refractivity contribution is 5.98.